The Hall–Kier alpha value is -1.62. The maximum Gasteiger partial charge on any atom is 0.407 e. The minimum atomic E-state index is -0.579. The molecule has 0 aliphatic rings. The van der Waals surface area contributed by atoms with Gasteiger partial charge in [0, 0.05) is 0 Å². The molecule has 1 N–H and O–H groups in total. The topological polar surface area (TPSA) is 47.6 Å². The number of rotatable bonds is 9. The Labute approximate surface area is 168 Å². The van der Waals surface area contributed by atoms with Gasteiger partial charge in [0.15, 0.2) is 0 Å². The quantitative estimate of drug-likeness (QED) is 0.468. The Morgan fingerprint density at radius 2 is 1.77 bits per heavy atom. The number of alkyl halides is 2. The third-order valence-corrected chi connectivity index (χ3v) is 4.48. The first-order chi connectivity index (χ1) is 12.6. The minimum Gasteiger partial charge on any atom is -0.490 e. The van der Waals surface area contributed by atoms with E-state index in [9.17, 15) is 4.79 Å². The summed E-state index contributed by atoms with van der Waals surface area (Å²) in [6.45, 7) is 0.539. The number of halogens is 3. The number of benzene rings is 2. The lowest BCUT2D eigenvalue weighted by molar-refractivity contribution is 0.117. The number of hydrogen-bond acceptors (Lipinski definition) is 3. The van der Waals surface area contributed by atoms with Gasteiger partial charge in [0.25, 0.3) is 0 Å². The van der Waals surface area contributed by atoms with Crippen LogP contribution in [0, 0.1) is 0 Å². The maximum atomic E-state index is 11.5. The summed E-state index contributed by atoms with van der Waals surface area (Å²) >= 11 is 17.5. The van der Waals surface area contributed by atoms with E-state index in [1.165, 1.54) is 5.56 Å². The molecule has 0 unspecified atom stereocenters. The van der Waals surface area contributed by atoms with E-state index in [1.807, 2.05) is 36.4 Å². The molecule has 4 nitrogen and oxygen atoms in total. The van der Waals surface area contributed by atoms with Crippen molar-refractivity contribution in [2.24, 2.45) is 0 Å². The lowest BCUT2D eigenvalue weighted by Crippen LogP contribution is -2.33. The predicted molar refractivity (Wildman–Crippen MR) is 106 cm³/mol. The number of amides is 1. The molecule has 0 bridgehead atoms. The smallest absolute Gasteiger partial charge is 0.407 e. The molecule has 0 saturated carbocycles. The van der Waals surface area contributed by atoms with Crippen molar-refractivity contribution in [2.75, 3.05) is 24.9 Å². The van der Waals surface area contributed by atoms with Crippen molar-refractivity contribution < 1.29 is 14.3 Å². The van der Waals surface area contributed by atoms with Gasteiger partial charge in [-0.15, -0.1) is 23.2 Å². The molecule has 0 radical (unpaired) electrons. The van der Waals surface area contributed by atoms with Gasteiger partial charge in [-0.3, -0.25) is 0 Å². The fourth-order valence-electron chi connectivity index (χ4n) is 2.21. The van der Waals surface area contributed by atoms with E-state index in [2.05, 4.69) is 17.4 Å². The fraction of sp³-hybridized carbons (Fsp3) is 0.316. The fourth-order valence-corrected chi connectivity index (χ4v) is 2.93. The normalized spacial score (nSPS) is 10.6. The number of alkyl carbamates (subject to hydrolysis) is 1. The first-order valence-corrected chi connectivity index (χ1v) is 9.58. The van der Waals surface area contributed by atoms with Crippen molar-refractivity contribution in [1.29, 1.82) is 0 Å². The van der Waals surface area contributed by atoms with Gasteiger partial charge in [-0.25, -0.2) is 4.79 Å². The van der Waals surface area contributed by atoms with Gasteiger partial charge in [0.1, 0.15) is 18.5 Å². The molecule has 2 aromatic carbocycles. The molecule has 0 saturated heterocycles. The lowest BCUT2D eigenvalue weighted by atomic mass is 10.1. The zero-order valence-corrected chi connectivity index (χ0v) is 16.4. The van der Waals surface area contributed by atoms with Gasteiger partial charge in [0.05, 0.1) is 23.3 Å². The van der Waals surface area contributed by atoms with Crippen LogP contribution in [0.25, 0.3) is 0 Å². The number of hydrogen-bond donors (Lipinski definition) is 1. The van der Waals surface area contributed by atoms with Gasteiger partial charge in [-0.05, 0) is 29.7 Å². The van der Waals surface area contributed by atoms with Crippen molar-refractivity contribution in [2.45, 2.75) is 12.5 Å². The summed E-state index contributed by atoms with van der Waals surface area (Å²) in [5, 5.41) is 3.10. The van der Waals surface area contributed by atoms with Crippen LogP contribution in [0.2, 0.25) is 5.02 Å². The summed E-state index contributed by atoms with van der Waals surface area (Å²) < 4.78 is 10.6. The van der Waals surface area contributed by atoms with Crippen molar-refractivity contribution in [3.8, 4) is 5.75 Å². The van der Waals surface area contributed by atoms with E-state index in [1.54, 1.807) is 0 Å². The third-order valence-electron chi connectivity index (χ3n) is 3.49. The van der Waals surface area contributed by atoms with E-state index in [-0.39, 0.29) is 24.9 Å². The minimum absolute atomic E-state index is 0.151. The van der Waals surface area contributed by atoms with E-state index in [0.29, 0.717) is 10.8 Å². The Kier molecular flexibility index (Phi) is 8.89. The molecule has 0 aliphatic carbocycles. The van der Waals surface area contributed by atoms with Crippen molar-refractivity contribution in [1.82, 2.24) is 5.32 Å². The summed E-state index contributed by atoms with van der Waals surface area (Å²) in [5.41, 5.74) is 2.32. The third kappa shape index (κ3) is 6.94. The second-order valence-electron chi connectivity index (χ2n) is 5.54. The van der Waals surface area contributed by atoms with Gasteiger partial charge in [-0.1, -0.05) is 48.0 Å². The Morgan fingerprint density at radius 3 is 2.42 bits per heavy atom. The molecule has 2 aromatic rings. The van der Waals surface area contributed by atoms with Crippen LogP contribution < -0.4 is 10.1 Å². The highest BCUT2D eigenvalue weighted by Crippen LogP contribution is 2.26. The molecule has 0 spiro atoms. The molecular weight excluding hydrogens is 397 g/mol. The molecule has 0 fully saturated rings. The SMILES string of the molecule is O=C(NCCOc1ccc(Cc2ccccc2)cc1Cl)OC(CCl)CCl. The highest BCUT2D eigenvalue weighted by Gasteiger charge is 2.11. The highest BCUT2D eigenvalue weighted by molar-refractivity contribution is 6.32. The van der Waals surface area contributed by atoms with Crippen LogP contribution >= 0.6 is 34.8 Å². The van der Waals surface area contributed by atoms with Crippen molar-refractivity contribution in [3.05, 3.63) is 64.7 Å². The second kappa shape index (κ2) is 11.2. The zero-order chi connectivity index (χ0) is 18.8. The van der Waals surface area contributed by atoms with Crippen LogP contribution in [-0.4, -0.2) is 37.1 Å². The Bertz CT molecular complexity index is 694. The van der Waals surface area contributed by atoms with Crippen LogP contribution in [0.1, 0.15) is 11.1 Å². The van der Waals surface area contributed by atoms with E-state index in [4.69, 9.17) is 44.3 Å². The van der Waals surface area contributed by atoms with Gasteiger partial charge in [0.2, 0.25) is 0 Å². The molecule has 140 valence electrons. The first-order valence-electron chi connectivity index (χ1n) is 8.14. The highest BCUT2D eigenvalue weighted by atomic mass is 35.5. The van der Waals surface area contributed by atoms with E-state index >= 15 is 0 Å². The maximum absolute atomic E-state index is 11.5. The number of nitrogens with one attached hydrogen (secondary N) is 1. The average Bonchev–Trinajstić information content (AvgIpc) is 2.65. The molecule has 2 rings (SSSR count). The van der Waals surface area contributed by atoms with Crippen molar-refractivity contribution in [3.63, 3.8) is 0 Å². The predicted octanol–water partition coefficient (Wildman–Crippen LogP) is 4.88. The largest absolute Gasteiger partial charge is 0.490 e. The molecule has 26 heavy (non-hydrogen) atoms. The average molecular weight is 417 g/mol. The summed E-state index contributed by atoms with van der Waals surface area (Å²) in [4.78, 5) is 11.5. The van der Waals surface area contributed by atoms with Crippen LogP contribution in [0.5, 0.6) is 5.75 Å². The monoisotopic (exact) mass is 415 g/mol. The summed E-state index contributed by atoms with van der Waals surface area (Å²) in [6, 6.07) is 15.8. The lowest BCUT2D eigenvalue weighted by Gasteiger charge is -2.13. The zero-order valence-electron chi connectivity index (χ0n) is 14.1. The summed E-state index contributed by atoms with van der Waals surface area (Å²) in [6.07, 6.45) is -0.286. The van der Waals surface area contributed by atoms with Crippen LogP contribution in [0.4, 0.5) is 4.79 Å². The van der Waals surface area contributed by atoms with Gasteiger partial charge >= 0.3 is 6.09 Å². The number of carbonyl (C=O) groups is 1. The number of carbonyl (C=O) groups excluding carboxylic acids is 1. The molecule has 0 atom stereocenters. The van der Waals surface area contributed by atoms with Gasteiger partial charge < -0.3 is 14.8 Å². The summed E-state index contributed by atoms with van der Waals surface area (Å²) in [7, 11) is 0. The molecule has 0 aromatic heterocycles. The molecule has 7 heteroatoms. The van der Waals surface area contributed by atoms with Gasteiger partial charge in [-0.2, -0.15) is 0 Å². The second-order valence-corrected chi connectivity index (χ2v) is 6.56. The van der Waals surface area contributed by atoms with E-state index in [0.717, 1.165) is 12.0 Å². The summed E-state index contributed by atoms with van der Waals surface area (Å²) in [5.74, 6) is 0.870. The first kappa shape index (κ1) is 20.7. The van der Waals surface area contributed by atoms with E-state index < -0.39 is 12.2 Å². The molecule has 0 heterocycles. The van der Waals surface area contributed by atoms with Crippen LogP contribution in [0.15, 0.2) is 48.5 Å². The number of ether oxygens (including phenoxy) is 2. The van der Waals surface area contributed by atoms with Crippen LogP contribution in [-0.2, 0) is 11.2 Å². The Balaban J connectivity index is 1.77. The van der Waals surface area contributed by atoms with Crippen molar-refractivity contribution >= 4 is 40.9 Å². The molecule has 1 amide bonds. The molecular formula is C19H20Cl3NO3. The Morgan fingerprint density at radius 1 is 1.04 bits per heavy atom. The van der Waals surface area contributed by atoms with Crippen LogP contribution in [0.3, 0.4) is 0 Å². The molecule has 0 aliphatic heterocycles. The standard InChI is InChI=1S/C19H20Cl3NO3/c20-12-16(13-21)26-19(24)23-8-9-25-18-7-6-15(11-17(18)22)10-14-4-2-1-3-5-14/h1-7,11,16H,8-10,12-13H2,(H,23,24).